The van der Waals surface area contributed by atoms with Gasteiger partial charge in [-0.25, -0.2) is 4.39 Å². The van der Waals surface area contributed by atoms with Crippen molar-refractivity contribution in [3.05, 3.63) is 12.4 Å². The Morgan fingerprint density at radius 1 is 1.11 bits per heavy atom. The average molecular weight is 144 g/mol. The summed E-state index contributed by atoms with van der Waals surface area (Å²) in [6.45, 7) is 4.00. The van der Waals surface area contributed by atoms with Crippen LogP contribution >= 0.6 is 0 Å². The standard InChI is InChI=1S/C3H2F4.C2H6/c4-2-1-3(5,6)7;1-2/h1-2H;1-2H3. The first-order chi connectivity index (χ1) is 4.06. The molecule has 0 aromatic carbocycles. The molecule has 0 fully saturated rings. The zero-order valence-corrected chi connectivity index (χ0v) is 5.17. The van der Waals surface area contributed by atoms with Gasteiger partial charge in [0, 0.05) is 6.08 Å². The minimum atomic E-state index is -4.51. The van der Waals surface area contributed by atoms with E-state index >= 15 is 0 Å². The molecule has 0 radical (unpaired) electrons. The number of rotatable bonds is 0. The summed E-state index contributed by atoms with van der Waals surface area (Å²) < 4.78 is 42.8. The van der Waals surface area contributed by atoms with Crippen LogP contribution in [0, 0.1) is 0 Å². The first-order valence-corrected chi connectivity index (χ1v) is 2.41. The summed E-state index contributed by atoms with van der Waals surface area (Å²) in [6, 6.07) is 0. The van der Waals surface area contributed by atoms with Crippen molar-refractivity contribution in [3.63, 3.8) is 0 Å². The molecule has 0 spiro atoms. The van der Waals surface area contributed by atoms with Gasteiger partial charge in [-0.3, -0.25) is 0 Å². The predicted octanol–water partition coefficient (Wildman–Crippen LogP) is 3.06. The Kier molecular flexibility index (Phi) is 7.01. The third-order valence-electron chi connectivity index (χ3n) is 0.252. The van der Waals surface area contributed by atoms with Crippen LogP contribution in [0.1, 0.15) is 13.8 Å². The molecular formula is C5H8F4. The number of hydrogen-bond acceptors (Lipinski definition) is 0. The fraction of sp³-hybridized carbons (Fsp3) is 0.600. The summed E-state index contributed by atoms with van der Waals surface area (Å²) in [5.74, 6) is 0. The number of hydrogen-bond donors (Lipinski definition) is 0. The number of alkyl halides is 3. The van der Waals surface area contributed by atoms with E-state index in [9.17, 15) is 17.6 Å². The van der Waals surface area contributed by atoms with Gasteiger partial charge in [0.25, 0.3) is 0 Å². The monoisotopic (exact) mass is 144 g/mol. The third-order valence-corrected chi connectivity index (χ3v) is 0.252. The van der Waals surface area contributed by atoms with Crippen LogP contribution in [0.5, 0.6) is 0 Å². The molecule has 0 saturated heterocycles. The lowest BCUT2D eigenvalue weighted by molar-refractivity contribution is -0.0805. The van der Waals surface area contributed by atoms with Crippen molar-refractivity contribution in [1.29, 1.82) is 0 Å². The molecule has 0 aromatic rings. The third kappa shape index (κ3) is 18.6. The van der Waals surface area contributed by atoms with Gasteiger partial charge in [0.15, 0.2) is 0 Å². The lowest BCUT2D eigenvalue weighted by Crippen LogP contribution is -1.99. The first-order valence-electron chi connectivity index (χ1n) is 2.41. The molecule has 0 N–H and O–H groups in total. The summed E-state index contributed by atoms with van der Waals surface area (Å²) in [4.78, 5) is 0. The average Bonchev–Trinajstić information content (AvgIpc) is 1.69. The molecule has 0 aliphatic heterocycles. The van der Waals surface area contributed by atoms with Gasteiger partial charge in [-0.15, -0.1) is 0 Å². The molecule has 4 heteroatoms. The molecule has 0 heterocycles. The molecule has 0 rings (SSSR count). The lowest BCUT2D eigenvalue weighted by Gasteiger charge is -1.92. The zero-order chi connectivity index (χ0) is 7.91. The Bertz CT molecular complexity index is 71.5. The highest BCUT2D eigenvalue weighted by Gasteiger charge is 2.21. The van der Waals surface area contributed by atoms with E-state index in [2.05, 4.69) is 0 Å². The zero-order valence-electron chi connectivity index (χ0n) is 5.17. The smallest absolute Gasteiger partial charge is 0.216 e. The largest absolute Gasteiger partial charge is 0.411 e. The molecule has 0 aliphatic carbocycles. The highest BCUT2D eigenvalue weighted by Crippen LogP contribution is 2.15. The molecule has 56 valence electrons. The van der Waals surface area contributed by atoms with Gasteiger partial charge in [-0.05, 0) is 0 Å². The van der Waals surface area contributed by atoms with Gasteiger partial charge in [-0.2, -0.15) is 13.2 Å². The van der Waals surface area contributed by atoms with E-state index in [-0.39, 0.29) is 0 Å². The van der Waals surface area contributed by atoms with Crippen molar-refractivity contribution in [1.82, 2.24) is 0 Å². The van der Waals surface area contributed by atoms with Crippen molar-refractivity contribution in [3.8, 4) is 0 Å². The predicted molar refractivity (Wildman–Crippen MR) is 27.7 cm³/mol. The van der Waals surface area contributed by atoms with E-state index < -0.39 is 18.6 Å². The van der Waals surface area contributed by atoms with Crippen molar-refractivity contribution in [2.45, 2.75) is 20.0 Å². The van der Waals surface area contributed by atoms with Crippen LogP contribution in [-0.2, 0) is 0 Å². The topological polar surface area (TPSA) is 0 Å². The van der Waals surface area contributed by atoms with Gasteiger partial charge in [0.1, 0.15) is 0 Å². The molecule has 0 unspecified atom stereocenters. The van der Waals surface area contributed by atoms with Gasteiger partial charge in [0.2, 0.25) is 0 Å². The van der Waals surface area contributed by atoms with E-state index in [1.54, 1.807) is 0 Å². The molecular weight excluding hydrogens is 136 g/mol. The minimum absolute atomic E-state index is 0.479. The Balaban J connectivity index is 0. The van der Waals surface area contributed by atoms with Crippen LogP contribution in [0.15, 0.2) is 12.4 Å². The summed E-state index contributed by atoms with van der Waals surface area (Å²) in [5, 5.41) is 0. The van der Waals surface area contributed by atoms with Gasteiger partial charge >= 0.3 is 6.18 Å². The molecule has 0 saturated carbocycles. The van der Waals surface area contributed by atoms with E-state index in [4.69, 9.17) is 0 Å². The van der Waals surface area contributed by atoms with Crippen LogP contribution in [0.4, 0.5) is 17.6 Å². The first kappa shape index (κ1) is 11.3. The van der Waals surface area contributed by atoms with Crippen LogP contribution in [0.3, 0.4) is 0 Å². The second-order valence-electron chi connectivity index (χ2n) is 0.834. The Labute approximate surface area is 51.2 Å². The maximum absolute atomic E-state index is 10.7. The Morgan fingerprint density at radius 3 is 1.44 bits per heavy atom. The van der Waals surface area contributed by atoms with Crippen LogP contribution in [-0.4, -0.2) is 6.18 Å². The normalized spacial score (nSPS) is 10.9. The second kappa shape index (κ2) is 5.59. The molecule has 0 atom stereocenters. The van der Waals surface area contributed by atoms with Gasteiger partial charge in [0.05, 0.1) is 6.33 Å². The van der Waals surface area contributed by atoms with E-state index in [1.807, 2.05) is 13.8 Å². The summed E-state index contributed by atoms with van der Waals surface area (Å²) in [5.41, 5.74) is 0. The second-order valence-corrected chi connectivity index (χ2v) is 0.834. The summed E-state index contributed by atoms with van der Waals surface area (Å²) >= 11 is 0. The molecule has 0 nitrogen and oxygen atoms in total. The lowest BCUT2D eigenvalue weighted by atomic mass is 10.6. The fourth-order valence-electron chi connectivity index (χ4n) is 0.0714. The Hall–Kier alpha value is -0.540. The van der Waals surface area contributed by atoms with Crippen molar-refractivity contribution < 1.29 is 17.6 Å². The molecule has 0 amide bonds. The van der Waals surface area contributed by atoms with Gasteiger partial charge < -0.3 is 0 Å². The van der Waals surface area contributed by atoms with E-state index in [0.29, 0.717) is 0 Å². The summed E-state index contributed by atoms with van der Waals surface area (Å²) in [6.07, 6.45) is -5.53. The quantitative estimate of drug-likeness (QED) is 0.458. The molecule has 9 heavy (non-hydrogen) atoms. The fourth-order valence-corrected chi connectivity index (χ4v) is 0.0714. The maximum Gasteiger partial charge on any atom is 0.411 e. The van der Waals surface area contributed by atoms with Crippen molar-refractivity contribution >= 4 is 0 Å². The number of halogens is 4. The SMILES string of the molecule is CC.FC=CC(F)(F)F. The highest BCUT2D eigenvalue weighted by atomic mass is 19.4. The maximum atomic E-state index is 10.7. The van der Waals surface area contributed by atoms with E-state index in [0.717, 1.165) is 0 Å². The number of allylic oxidation sites excluding steroid dienone is 1. The van der Waals surface area contributed by atoms with Crippen LogP contribution < -0.4 is 0 Å². The highest BCUT2D eigenvalue weighted by molar-refractivity contribution is 4.80. The van der Waals surface area contributed by atoms with Crippen molar-refractivity contribution in [2.24, 2.45) is 0 Å². The molecule has 0 aliphatic rings. The van der Waals surface area contributed by atoms with Crippen molar-refractivity contribution in [2.75, 3.05) is 0 Å². The Morgan fingerprint density at radius 2 is 1.44 bits per heavy atom. The molecule has 0 bridgehead atoms. The van der Waals surface area contributed by atoms with Gasteiger partial charge in [-0.1, -0.05) is 13.8 Å². The van der Waals surface area contributed by atoms with E-state index in [1.165, 1.54) is 0 Å². The van der Waals surface area contributed by atoms with Crippen LogP contribution in [0.2, 0.25) is 0 Å². The molecule has 0 aromatic heterocycles. The summed E-state index contributed by atoms with van der Waals surface area (Å²) in [7, 11) is 0. The van der Waals surface area contributed by atoms with Crippen LogP contribution in [0.25, 0.3) is 0 Å². The minimum Gasteiger partial charge on any atom is -0.216 e.